The molecule has 2 aromatic heterocycles. The van der Waals surface area contributed by atoms with Gasteiger partial charge in [0.2, 0.25) is 0 Å². The highest BCUT2D eigenvalue weighted by molar-refractivity contribution is 7.71. The van der Waals surface area contributed by atoms with Crippen molar-refractivity contribution in [3.8, 4) is 11.4 Å². The van der Waals surface area contributed by atoms with Gasteiger partial charge in [0.05, 0.1) is 0 Å². The van der Waals surface area contributed by atoms with Crippen LogP contribution in [0.5, 0.6) is 0 Å². The lowest BCUT2D eigenvalue weighted by Gasteiger charge is -2.03. The highest BCUT2D eigenvalue weighted by atomic mass is 32.1. The first-order valence-electron chi connectivity index (χ1n) is 4.80. The number of H-pyrrole nitrogens is 1. The fourth-order valence-corrected chi connectivity index (χ4v) is 1.57. The number of nitrogens with one attached hydrogen (secondary N) is 1. The van der Waals surface area contributed by atoms with Crippen LogP contribution in [-0.2, 0) is 6.42 Å². The summed E-state index contributed by atoms with van der Waals surface area (Å²) in [4.78, 5) is 11.6. The van der Waals surface area contributed by atoms with Crippen molar-refractivity contribution in [2.45, 2.75) is 13.3 Å². The van der Waals surface area contributed by atoms with E-state index in [1.807, 2.05) is 18.2 Å². The van der Waals surface area contributed by atoms with Crippen LogP contribution in [0.4, 0.5) is 0 Å². The molecule has 0 spiro atoms. The van der Waals surface area contributed by atoms with Gasteiger partial charge < -0.3 is 4.98 Å². The minimum absolute atomic E-state index is 0.615. The van der Waals surface area contributed by atoms with Crippen LogP contribution in [0.25, 0.3) is 11.4 Å². The van der Waals surface area contributed by atoms with Crippen molar-refractivity contribution < 1.29 is 0 Å². The van der Waals surface area contributed by atoms with Crippen LogP contribution in [-0.4, -0.2) is 15.0 Å². The van der Waals surface area contributed by atoms with Gasteiger partial charge in [-0.25, -0.2) is 4.98 Å². The smallest absolute Gasteiger partial charge is 0.140 e. The average molecular weight is 217 g/mol. The van der Waals surface area contributed by atoms with Crippen molar-refractivity contribution in [3.63, 3.8) is 0 Å². The lowest BCUT2D eigenvalue weighted by molar-refractivity contribution is 0.997. The molecule has 15 heavy (non-hydrogen) atoms. The molecule has 1 N–H and O–H groups in total. The number of aromatic amines is 1. The Morgan fingerprint density at radius 2 is 2.33 bits per heavy atom. The van der Waals surface area contributed by atoms with Gasteiger partial charge in [-0.1, -0.05) is 19.1 Å². The number of aromatic nitrogens is 3. The molecule has 0 unspecified atom stereocenters. The maximum atomic E-state index is 5.10. The van der Waals surface area contributed by atoms with E-state index in [0.29, 0.717) is 4.64 Å². The number of rotatable bonds is 2. The predicted molar refractivity (Wildman–Crippen MR) is 62.0 cm³/mol. The second kappa shape index (κ2) is 4.31. The average Bonchev–Trinajstić information content (AvgIpc) is 2.29. The summed E-state index contributed by atoms with van der Waals surface area (Å²) < 4.78 is 0.615. The molecular formula is C11H11N3S. The van der Waals surface area contributed by atoms with Crippen molar-refractivity contribution >= 4 is 12.2 Å². The molecule has 2 heterocycles. The van der Waals surface area contributed by atoms with Crippen molar-refractivity contribution in [2.24, 2.45) is 0 Å². The van der Waals surface area contributed by atoms with Gasteiger partial charge in [0.25, 0.3) is 0 Å². The van der Waals surface area contributed by atoms with Crippen molar-refractivity contribution in [2.75, 3.05) is 0 Å². The predicted octanol–water partition coefficient (Wildman–Crippen LogP) is 2.76. The molecule has 2 rings (SSSR count). The molecule has 0 fully saturated rings. The first kappa shape index (κ1) is 9.98. The molecule has 0 aliphatic carbocycles. The second-order valence-corrected chi connectivity index (χ2v) is 3.61. The number of hydrogen-bond donors (Lipinski definition) is 1. The molecule has 0 radical (unpaired) electrons. The molecule has 0 saturated heterocycles. The van der Waals surface area contributed by atoms with Gasteiger partial charge in [0.1, 0.15) is 10.5 Å². The summed E-state index contributed by atoms with van der Waals surface area (Å²) in [7, 11) is 0. The Bertz CT molecular complexity index is 505. The van der Waals surface area contributed by atoms with E-state index in [1.165, 1.54) is 0 Å². The molecule has 0 saturated carbocycles. The monoisotopic (exact) mass is 217 g/mol. The molecule has 0 aromatic carbocycles. The molecule has 2 aromatic rings. The van der Waals surface area contributed by atoms with Gasteiger partial charge in [-0.2, -0.15) is 0 Å². The quantitative estimate of drug-likeness (QED) is 0.786. The van der Waals surface area contributed by atoms with Gasteiger partial charge in [-0.05, 0) is 24.6 Å². The number of pyridine rings is 1. The summed E-state index contributed by atoms with van der Waals surface area (Å²) in [5, 5.41) is 0. The van der Waals surface area contributed by atoms with Crippen LogP contribution in [0, 0.1) is 4.64 Å². The zero-order valence-corrected chi connectivity index (χ0v) is 9.21. The molecule has 0 atom stereocenters. The van der Waals surface area contributed by atoms with E-state index in [9.17, 15) is 0 Å². The van der Waals surface area contributed by atoms with Gasteiger partial charge >= 0.3 is 0 Å². The van der Waals surface area contributed by atoms with Crippen LogP contribution in [0.15, 0.2) is 30.6 Å². The SMILES string of the molecule is CCc1cc(=S)nc(-c2cccnc2)[nH]1. The summed E-state index contributed by atoms with van der Waals surface area (Å²) in [6.07, 6.45) is 4.42. The maximum Gasteiger partial charge on any atom is 0.140 e. The summed E-state index contributed by atoms with van der Waals surface area (Å²) >= 11 is 5.10. The number of hydrogen-bond acceptors (Lipinski definition) is 3. The van der Waals surface area contributed by atoms with E-state index in [1.54, 1.807) is 12.4 Å². The number of aryl methyl sites for hydroxylation is 1. The van der Waals surface area contributed by atoms with Gasteiger partial charge in [0.15, 0.2) is 0 Å². The summed E-state index contributed by atoms with van der Waals surface area (Å²) in [5.41, 5.74) is 2.05. The normalized spacial score (nSPS) is 10.2. The van der Waals surface area contributed by atoms with E-state index >= 15 is 0 Å². The zero-order chi connectivity index (χ0) is 10.7. The van der Waals surface area contributed by atoms with E-state index in [-0.39, 0.29) is 0 Å². The molecular weight excluding hydrogens is 206 g/mol. The van der Waals surface area contributed by atoms with Crippen LogP contribution in [0.1, 0.15) is 12.6 Å². The molecule has 0 aliphatic heterocycles. The Morgan fingerprint density at radius 1 is 1.47 bits per heavy atom. The highest BCUT2D eigenvalue weighted by Gasteiger charge is 2.00. The third-order valence-electron chi connectivity index (χ3n) is 2.11. The highest BCUT2D eigenvalue weighted by Crippen LogP contribution is 2.13. The standard InChI is InChI=1S/C11H11N3S/c1-2-9-6-10(15)14-11(13-9)8-4-3-5-12-7-8/h3-7H,2H2,1H3,(H,13,14,15). The Kier molecular flexibility index (Phi) is 2.87. The van der Waals surface area contributed by atoms with Crippen LogP contribution < -0.4 is 0 Å². The Morgan fingerprint density at radius 3 is 3.00 bits per heavy atom. The molecule has 76 valence electrons. The van der Waals surface area contributed by atoms with E-state index in [4.69, 9.17) is 12.2 Å². The van der Waals surface area contributed by atoms with Gasteiger partial charge in [-0.3, -0.25) is 4.98 Å². The first-order chi connectivity index (χ1) is 7.29. The minimum atomic E-state index is 0.615. The van der Waals surface area contributed by atoms with Gasteiger partial charge in [0, 0.05) is 23.7 Å². The summed E-state index contributed by atoms with van der Waals surface area (Å²) in [5.74, 6) is 0.785. The lowest BCUT2D eigenvalue weighted by atomic mass is 10.2. The molecule has 4 heteroatoms. The summed E-state index contributed by atoms with van der Waals surface area (Å²) in [6, 6.07) is 5.72. The van der Waals surface area contributed by atoms with Crippen LogP contribution in [0.2, 0.25) is 0 Å². The largest absolute Gasteiger partial charge is 0.343 e. The van der Waals surface area contributed by atoms with E-state index in [2.05, 4.69) is 21.9 Å². The fourth-order valence-electron chi connectivity index (χ4n) is 1.34. The topological polar surface area (TPSA) is 41.6 Å². The third-order valence-corrected chi connectivity index (χ3v) is 2.32. The fraction of sp³-hybridized carbons (Fsp3) is 0.182. The van der Waals surface area contributed by atoms with Crippen molar-refractivity contribution in [3.05, 3.63) is 40.9 Å². The Hall–Kier alpha value is -1.55. The molecule has 0 aliphatic rings. The van der Waals surface area contributed by atoms with Crippen molar-refractivity contribution in [1.82, 2.24) is 15.0 Å². The minimum Gasteiger partial charge on any atom is -0.343 e. The molecule has 0 amide bonds. The molecule has 0 bridgehead atoms. The maximum absolute atomic E-state index is 5.10. The molecule has 3 nitrogen and oxygen atoms in total. The lowest BCUT2D eigenvalue weighted by Crippen LogP contribution is -1.94. The van der Waals surface area contributed by atoms with Crippen LogP contribution >= 0.6 is 12.2 Å². The zero-order valence-electron chi connectivity index (χ0n) is 8.40. The Labute approximate surface area is 93.2 Å². The number of nitrogens with zero attached hydrogens (tertiary/aromatic N) is 2. The van der Waals surface area contributed by atoms with E-state index < -0.39 is 0 Å². The Balaban J connectivity index is 2.54. The first-order valence-corrected chi connectivity index (χ1v) is 5.21. The summed E-state index contributed by atoms with van der Waals surface area (Å²) in [6.45, 7) is 2.08. The third kappa shape index (κ3) is 2.27. The van der Waals surface area contributed by atoms with Gasteiger partial charge in [-0.15, -0.1) is 0 Å². The van der Waals surface area contributed by atoms with Crippen molar-refractivity contribution in [1.29, 1.82) is 0 Å². The van der Waals surface area contributed by atoms with E-state index in [0.717, 1.165) is 23.5 Å². The van der Waals surface area contributed by atoms with Crippen LogP contribution in [0.3, 0.4) is 0 Å². The second-order valence-electron chi connectivity index (χ2n) is 3.19.